The number of hydrogen-bond acceptors (Lipinski definition) is 3. The second-order valence-electron chi connectivity index (χ2n) is 4.56. The summed E-state index contributed by atoms with van der Waals surface area (Å²) in [7, 11) is 0. The Morgan fingerprint density at radius 1 is 1.10 bits per heavy atom. The van der Waals surface area contributed by atoms with Gasteiger partial charge in [0.2, 0.25) is 0 Å². The molecule has 0 fully saturated rings. The third-order valence-corrected chi connectivity index (χ3v) is 3.05. The number of para-hydroxylation sites is 1. The SMILES string of the molecule is CCc1ccc(/C(C)=N\NC(=O)Oc2ccccc2)cc1. The molecule has 0 saturated heterocycles. The molecule has 4 heteroatoms. The fraction of sp³-hybridized carbons (Fsp3) is 0.176. The highest BCUT2D eigenvalue weighted by atomic mass is 16.6. The molecule has 0 unspecified atom stereocenters. The van der Waals surface area contributed by atoms with Gasteiger partial charge >= 0.3 is 6.09 Å². The minimum atomic E-state index is -0.606. The van der Waals surface area contributed by atoms with Crippen molar-refractivity contribution in [2.24, 2.45) is 5.10 Å². The molecule has 0 bridgehead atoms. The van der Waals surface area contributed by atoms with Crippen molar-refractivity contribution in [3.63, 3.8) is 0 Å². The van der Waals surface area contributed by atoms with E-state index in [0.717, 1.165) is 17.7 Å². The van der Waals surface area contributed by atoms with Gasteiger partial charge in [0, 0.05) is 0 Å². The lowest BCUT2D eigenvalue weighted by atomic mass is 10.1. The largest absolute Gasteiger partial charge is 0.433 e. The Bertz CT molecular complexity index is 619. The van der Waals surface area contributed by atoms with Crippen LogP contribution in [0.3, 0.4) is 0 Å². The summed E-state index contributed by atoms with van der Waals surface area (Å²) in [5.74, 6) is 0.482. The predicted octanol–water partition coefficient (Wildman–Crippen LogP) is 3.76. The van der Waals surface area contributed by atoms with Gasteiger partial charge < -0.3 is 4.74 Å². The zero-order valence-electron chi connectivity index (χ0n) is 12.2. The van der Waals surface area contributed by atoms with E-state index in [1.165, 1.54) is 5.56 Å². The summed E-state index contributed by atoms with van der Waals surface area (Å²) < 4.78 is 5.08. The lowest BCUT2D eigenvalue weighted by Crippen LogP contribution is -2.23. The predicted molar refractivity (Wildman–Crippen MR) is 83.6 cm³/mol. The summed E-state index contributed by atoms with van der Waals surface area (Å²) in [5.41, 5.74) is 5.34. The quantitative estimate of drug-likeness (QED) is 0.685. The lowest BCUT2D eigenvalue weighted by Gasteiger charge is -2.05. The van der Waals surface area contributed by atoms with Crippen LogP contribution in [0.2, 0.25) is 0 Å². The zero-order valence-corrected chi connectivity index (χ0v) is 12.2. The highest BCUT2D eigenvalue weighted by Crippen LogP contribution is 2.08. The van der Waals surface area contributed by atoms with Gasteiger partial charge in [-0.2, -0.15) is 5.10 Å². The Morgan fingerprint density at radius 2 is 1.76 bits per heavy atom. The molecule has 0 saturated carbocycles. The minimum absolute atomic E-state index is 0.482. The maximum absolute atomic E-state index is 11.6. The van der Waals surface area contributed by atoms with E-state index in [1.54, 1.807) is 24.3 Å². The van der Waals surface area contributed by atoms with Crippen LogP contribution in [0.1, 0.15) is 25.0 Å². The number of aryl methyl sites for hydroxylation is 1. The topological polar surface area (TPSA) is 50.7 Å². The van der Waals surface area contributed by atoms with Gasteiger partial charge in [-0.05, 0) is 36.6 Å². The van der Waals surface area contributed by atoms with E-state index in [9.17, 15) is 4.79 Å². The third-order valence-electron chi connectivity index (χ3n) is 3.05. The molecule has 2 aromatic carbocycles. The molecule has 0 atom stereocenters. The van der Waals surface area contributed by atoms with Crippen molar-refractivity contribution >= 4 is 11.8 Å². The summed E-state index contributed by atoms with van der Waals surface area (Å²) in [6, 6.07) is 16.9. The smallest absolute Gasteiger partial charge is 0.409 e. The van der Waals surface area contributed by atoms with E-state index in [2.05, 4.69) is 29.6 Å². The zero-order chi connectivity index (χ0) is 15.1. The Kier molecular flexibility index (Phi) is 5.10. The number of nitrogens with zero attached hydrogens (tertiary/aromatic N) is 1. The average Bonchev–Trinajstić information content (AvgIpc) is 2.53. The molecular formula is C17H18N2O2. The molecule has 1 N–H and O–H groups in total. The molecule has 2 aromatic rings. The van der Waals surface area contributed by atoms with Gasteiger partial charge in [-0.1, -0.05) is 49.4 Å². The van der Waals surface area contributed by atoms with Crippen molar-refractivity contribution in [2.75, 3.05) is 0 Å². The highest BCUT2D eigenvalue weighted by molar-refractivity contribution is 5.99. The molecule has 1 amide bonds. The molecular weight excluding hydrogens is 264 g/mol. The maximum Gasteiger partial charge on any atom is 0.433 e. The van der Waals surface area contributed by atoms with Crippen molar-refractivity contribution in [1.29, 1.82) is 0 Å². The first kappa shape index (κ1) is 14.8. The molecule has 21 heavy (non-hydrogen) atoms. The number of amides is 1. The number of rotatable bonds is 4. The van der Waals surface area contributed by atoms with Gasteiger partial charge in [-0.15, -0.1) is 0 Å². The van der Waals surface area contributed by atoms with Gasteiger partial charge in [0.05, 0.1) is 5.71 Å². The van der Waals surface area contributed by atoms with Crippen LogP contribution in [-0.4, -0.2) is 11.8 Å². The second-order valence-corrected chi connectivity index (χ2v) is 4.56. The normalized spacial score (nSPS) is 11.0. The Hall–Kier alpha value is -2.62. The molecule has 0 spiro atoms. The van der Waals surface area contributed by atoms with Crippen LogP contribution >= 0.6 is 0 Å². The summed E-state index contributed by atoms with van der Waals surface area (Å²) in [4.78, 5) is 11.6. The third kappa shape index (κ3) is 4.45. The van der Waals surface area contributed by atoms with Gasteiger partial charge in [-0.25, -0.2) is 10.2 Å². The molecule has 0 aliphatic carbocycles. The van der Waals surface area contributed by atoms with Crippen molar-refractivity contribution < 1.29 is 9.53 Å². The van der Waals surface area contributed by atoms with Gasteiger partial charge in [0.15, 0.2) is 0 Å². The first-order valence-electron chi connectivity index (χ1n) is 6.85. The van der Waals surface area contributed by atoms with Crippen LogP contribution in [0.5, 0.6) is 5.75 Å². The average molecular weight is 282 g/mol. The van der Waals surface area contributed by atoms with E-state index in [1.807, 2.05) is 25.1 Å². The fourth-order valence-electron chi connectivity index (χ4n) is 1.79. The van der Waals surface area contributed by atoms with E-state index in [-0.39, 0.29) is 0 Å². The summed E-state index contributed by atoms with van der Waals surface area (Å²) in [6.45, 7) is 3.95. The van der Waals surface area contributed by atoms with Crippen molar-refractivity contribution in [3.8, 4) is 5.75 Å². The molecule has 0 heterocycles. The van der Waals surface area contributed by atoms with Gasteiger partial charge in [0.1, 0.15) is 5.75 Å². The minimum Gasteiger partial charge on any atom is -0.409 e. The first-order chi connectivity index (χ1) is 10.2. The first-order valence-corrected chi connectivity index (χ1v) is 6.85. The number of nitrogens with one attached hydrogen (secondary N) is 1. The number of hydrazone groups is 1. The number of hydrogen-bond donors (Lipinski definition) is 1. The van der Waals surface area contributed by atoms with Crippen LogP contribution in [0.15, 0.2) is 59.7 Å². The Balaban J connectivity index is 1.94. The van der Waals surface area contributed by atoms with Gasteiger partial charge in [-0.3, -0.25) is 0 Å². The number of carbonyl (C=O) groups excluding carboxylic acids is 1. The van der Waals surface area contributed by atoms with Crippen LogP contribution in [0.4, 0.5) is 4.79 Å². The number of ether oxygens (including phenoxy) is 1. The van der Waals surface area contributed by atoms with Crippen LogP contribution in [0.25, 0.3) is 0 Å². The Labute approximate surface area is 124 Å². The lowest BCUT2D eigenvalue weighted by molar-refractivity contribution is 0.201. The van der Waals surface area contributed by atoms with Crippen LogP contribution < -0.4 is 10.2 Å². The Morgan fingerprint density at radius 3 is 2.38 bits per heavy atom. The van der Waals surface area contributed by atoms with E-state index in [0.29, 0.717) is 5.75 Å². The van der Waals surface area contributed by atoms with Crippen molar-refractivity contribution in [2.45, 2.75) is 20.3 Å². The number of benzene rings is 2. The monoisotopic (exact) mass is 282 g/mol. The molecule has 108 valence electrons. The van der Waals surface area contributed by atoms with Crippen LogP contribution in [-0.2, 0) is 6.42 Å². The van der Waals surface area contributed by atoms with E-state index >= 15 is 0 Å². The van der Waals surface area contributed by atoms with Crippen molar-refractivity contribution in [3.05, 3.63) is 65.7 Å². The fourth-order valence-corrected chi connectivity index (χ4v) is 1.79. The highest BCUT2D eigenvalue weighted by Gasteiger charge is 2.03. The molecule has 0 aliphatic rings. The van der Waals surface area contributed by atoms with E-state index in [4.69, 9.17) is 4.74 Å². The van der Waals surface area contributed by atoms with E-state index < -0.39 is 6.09 Å². The molecule has 2 rings (SSSR count). The number of carbonyl (C=O) groups is 1. The molecule has 0 aromatic heterocycles. The van der Waals surface area contributed by atoms with Crippen molar-refractivity contribution in [1.82, 2.24) is 5.43 Å². The summed E-state index contributed by atoms with van der Waals surface area (Å²) in [6.07, 6.45) is 0.392. The summed E-state index contributed by atoms with van der Waals surface area (Å²) in [5, 5.41) is 4.04. The standard InChI is InChI=1S/C17H18N2O2/c1-3-14-9-11-15(12-10-14)13(2)18-19-17(20)21-16-7-5-4-6-8-16/h4-12H,3H2,1-2H3,(H,19,20)/b18-13-. The molecule has 4 nitrogen and oxygen atoms in total. The molecule has 0 aliphatic heterocycles. The maximum atomic E-state index is 11.6. The van der Waals surface area contributed by atoms with Crippen LogP contribution in [0, 0.1) is 0 Å². The summed E-state index contributed by atoms with van der Waals surface area (Å²) >= 11 is 0. The second kappa shape index (κ2) is 7.24. The molecule has 0 radical (unpaired) electrons. The van der Waals surface area contributed by atoms with Gasteiger partial charge in [0.25, 0.3) is 0 Å².